The molecule has 2 rings (SSSR count). The van der Waals surface area contributed by atoms with Crippen LogP contribution in [0.2, 0.25) is 5.02 Å². The quantitative estimate of drug-likeness (QED) is 0.891. The zero-order valence-electron chi connectivity index (χ0n) is 10.4. The fourth-order valence-electron chi connectivity index (χ4n) is 1.67. The van der Waals surface area contributed by atoms with Crippen LogP contribution in [0, 0.1) is 11.3 Å². The number of carbonyl (C=O) groups excluding carboxylic acids is 1. The predicted molar refractivity (Wildman–Crippen MR) is 82.9 cm³/mol. The highest BCUT2D eigenvalue weighted by Gasteiger charge is 2.10. The van der Waals surface area contributed by atoms with Gasteiger partial charge in [0.2, 0.25) is 0 Å². The molecule has 1 N–H and O–H groups in total. The molecule has 3 nitrogen and oxygen atoms in total. The van der Waals surface area contributed by atoms with Gasteiger partial charge in [-0.25, -0.2) is 0 Å². The Morgan fingerprint density at radius 2 is 1.95 bits per heavy atom. The number of carbonyl (C=O) groups is 1. The maximum absolute atomic E-state index is 12.1. The van der Waals surface area contributed by atoms with Crippen molar-refractivity contribution in [2.75, 3.05) is 5.32 Å². The first kappa shape index (κ1) is 14.6. The van der Waals surface area contributed by atoms with Gasteiger partial charge in [-0.2, -0.15) is 5.26 Å². The second kappa shape index (κ2) is 6.56. The molecule has 1 amide bonds. The summed E-state index contributed by atoms with van der Waals surface area (Å²) in [4.78, 5) is 12.1. The summed E-state index contributed by atoms with van der Waals surface area (Å²) in [6.07, 6.45) is 0.354. The highest BCUT2D eigenvalue weighted by Crippen LogP contribution is 2.22. The van der Waals surface area contributed by atoms with Crippen LogP contribution in [-0.2, 0) is 6.42 Å². The number of anilines is 1. The maximum atomic E-state index is 12.1. The fraction of sp³-hybridized carbons (Fsp3) is 0.0667. The van der Waals surface area contributed by atoms with Crippen molar-refractivity contribution >= 4 is 39.1 Å². The van der Waals surface area contributed by atoms with Gasteiger partial charge < -0.3 is 5.32 Å². The van der Waals surface area contributed by atoms with E-state index in [2.05, 4.69) is 27.3 Å². The monoisotopic (exact) mass is 348 g/mol. The number of nitriles is 1. The number of halogens is 2. The van der Waals surface area contributed by atoms with Crippen molar-refractivity contribution in [2.24, 2.45) is 0 Å². The van der Waals surface area contributed by atoms with Crippen LogP contribution < -0.4 is 5.32 Å². The van der Waals surface area contributed by atoms with Crippen LogP contribution in [0.1, 0.15) is 15.9 Å². The average molecular weight is 350 g/mol. The molecule has 0 radical (unpaired) electrons. The maximum Gasteiger partial charge on any atom is 0.257 e. The molecule has 5 heteroatoms. The summed E-state index contributed by atoms with van der Waals surface area (Å²) in [5.74, 6) is -0.268. The van der Waals surface area contributed by atoms with Crippen molar-refractivity contribution in [2.45, 2.75) is 6.42 Å². The molecule has 2 aromatic rings. The summed E-state index contributed by atoms with van der Waals surface area (Å²) < 4.78 is 0.819. The molecule has 0 fully saturated rings. The van der Waals surface area contributed by atoms with Crippen molar-refractivity contribution in [3.63, 3.8) is 0 Å². The molecule has 0 spiro atoms. The normalized spacial score (nSPS) is 9.85. The molecule has 0 aromatic heterocycles. The Morgan fingerprint density at radius 1 is 1.25 bits per heavy atom. The summed E-state index contributed by atoms with van der Waals surface area (Å²) >= 11 is 9.32. The predicted octanol–water partition coefficient (Wildman–Crippen LogP) is 4.42. The lowest BCUT2D eigenvalue weighted by Gasteiger charge is -2.07. The minimum absolute atomic E-state index is 0.268. The van der Waals surface area contributed by atoms with E-state index in [9.17, 15) is 4.79 Å². The Hall–Kier alpha value is -1.83. The van der Waals surface area contributed by atoms with E-state index in [1.807, 2.05) is 12.1 Å². The van der Waals surface area contributed by atoms with E-state index in [1.54, 1.807) is 30.3 Å². The van der Waals surface area contributed by atoms with Gasteiger partial charge in [0.25, 0.3) is 5.91 Å². The Bertz CT molecular complexity index is 677. The Morgan fingerprint density at radius 3 is 2.55 bits per heavy atom. The molecular weight excluding hydrogens is 340 g/mol. The molecule has 0 aliphatic carbocycles. The molecule has 20 heavy (non-hydrogen) atoms. The van der Waals surface area contributed by atoms with Crippen molar-refractivity contribution < 1.29 is 4.79 Å². The van der Waals surface area contributed by atoms with E-state index in [0.717, 1.165) is 10.0 Å². The van der Waals surface area contributed by atoms with Crippen LogP contribution in [0.25, 0.3) is 0 Å². The molecule has 2 aromatic carbocycles. The van der Waals surface area contributed by atoms with Gasteiger partial charge in [-0.05, 0) is 35.9 Å². The Balaban J connectivity index is 2.13. The van der Waals surface area contributed by atoms with Gasteiger partial charge in [0.1, 0.15) is 0 Å². The smallest absolute Gasteiger partial charge is 0.257 e. The molecular formula is C15H10BrClN2O. The number of benzene rings is 2. The van der Waals surface area contributed by atoms with Gasteiger partial charge in [-0.1, -0.05) is 39.7 Å². The van der Waals surface area contributed by atoms with Crippen LogP contribution in [0.3, 0.4) is 0 Å². The summed E-state index contributed by atoms with van der Waals surface area (Å²) in [5.41, 5.74) is 1.99. The minimum atomic E-state index is -0.268. The topological polar surface area (TPSA) is 52.9 Å². The summed E-state index contributed by atoms with van der Waals surface area (Å²) in [6.45, 7) is 0. The molecule has 0 saturated carbocycles. The molecule has 100 valence electrons. The molecule has 0 aliphatic heterocycles. The molecule has 0 heterocycles. The highest BCUT2D eigenvalue weighted by atomic mass is 79.9. The zero-order valence-corrected chi connectivity index (χ0v) is 12.7. The zero-order chi connectivity index (χ0) is 14.5. The third-order valence-electron chi connectivity index (χ3n) is 2.67. The van der Waals surface area contributed by atoms with E-state index >= 15 is 0 Å². The molecule has 0 atom stereocenters. The van der Waals surface area contributed by atoms with Crippen LogP contribution in [0.15, 0.2) is 46.9 Å². The standard InChI is InChI=1S/C15H10BrClN2O/c16-11-3-6-13(14(17)9-11)15(20)19-12-4-1-10(2-5-12)7-8-18/h1-6,9H,7H2,(H,19,20). The van der Waals surface area contributed by atoms with Gasteiger partial charge in [0.15, 0.2) is 0 Å². The SMILES string of the molecule is N#CCc1ccc(NC(=O)c2ccc(Br)cc2Cl)cc1. The molecule has 0 unspecified atom stereocenters. The van der Waals surface area contributed by atoms with E-state index < -0.39 is 0 Å². The van der Waals surface area contributed by atoms with E-state index in [-0.39, 0.29) is 5.91 Å². The third kappa shape index (κ3) is 3.60. The van der Waals surface area contributed by atoms with Crippen molar-refractivity contribution in [1.29, 1.82) is 5.26 Å². The minimum Gasteiger partial charge on any atom is -0.322 e. The third-order valence-corrected chi connectivity index (χ3v) is 3.48. The van der Waals surface area contributed by atoms with Gasteiger partial charge in [-0.15, -0.1) is 0 Å². The first-order valence-corrected chi connectivity index (χ1v) is 6.99. The summed E-state index contributed by atoms with van der Waals surface area (Å²) in [6, 6.07) is 14.3. The van der Waals surface area contributed by atoms with Crippen LogP contribution >= 0.6 is 27.5 Å². The number of rotatable bonds is 3. The number of amides is 1. The number of hydrogen-bond donors (Lipinski definition) is 1. The van der Waals surface area contributed by atoms with Crippen molar-refractivity contribution in [3.05, 3.63) is 63.1 Å². The fourth-order valence-corrected chi connectivity index (χ4v) is 2.43. The van der Waals surface area contributed by atoms with Crippen molar-refractivity contribution in [1.82, 2.24) is 0 Å². The molecule has 0 saturated heterocycles. The van der Waals surface area contributed by atoms with Crippen molar-refractivity contribution in [3.8, 4) is 6.07 Å². The second-order valence-corrected chi connectivity index (χ2v) is 5.43. The Kier molecular flexibility index (Phi) is 4.78. The summed E-state index contributed by atoms with van der Waals surface area (Å²) in [5, 5.41) is 11.8. The molecule has 0 aliphatic rings. The Labute approximate surface area is 130 Å². The number of hydrogen-bond acceptors (Lipinski definition) is 2. The van der Waals surface area contributed by atoms with Crippen LogP contribution in [0.4, 0.5) is 5.69 Å². The van der Waals surface area contributed by atoms with Gasteiger partial charge in [0, 0.05) is 10.2 Å². The van der Waals surface area contributed by atoms with Gasteiger partial charge >= 0.3 is 0 Å². The van der Waals surface area contributed by atoms with E-state index in [1.165, 1.54) is 0 Å². The number of nitrogens with one attached hydrogen (secondary N) is 1. The van der Waals surface area contributed by atoms with E-state index in [4.69, 9.17) is 16.9 Å². The number of nitrogens with zero attached hydrogens (tertiary/aromatic N) is 1. The first-order valence-electron chi connectivity index (χ1n) is 5.82. The lowest BCUT2D eigenvalue weighted by atomic mass is 10.1. The second-order valence-electron chi connectivity index (χ2n) is 4.11. The highest BCUT2D eigenvalue weighted by molar-refractivity contribution is 9.10. The largest absolute Gasteiger partial charge is 0.322 e. The van der Waals surface area contributed by atoms with Gasteiger partial charge in [0.05, 0.1) is 23.1 Å². The lowest BCUT2D eigenvalue weighted by Crippen LogP contribution is -2.12. The molecule has 0 bridgehead atoms. The first-order chi connectivity index (χ1) is 9.60. The summed E-state index contributed by atoms with van der Waals surface area (Å²) in [7, 11) is 0. The lowest BCUT2D eigenvalue weighted by molar-refractivity contribution is 0.102. The van der Waals surface area contributed by atoms with Gasteiger partial charge in [-0.3, -0.25) is 4.79 Å². The van der Waals surface area contributed by atoms with E-state index in [0.29, 0.717) is 22.7 Å². The van der Waals surface area contributed by atoms with Crippen LogP contribution in [0.5, 0.6) is 0 Å². The van der Waals surface area contributed by atoms with Crippen LogP contribution in [-0.4, -0.2) is 5.91 Å². The average Bonchev–Trinajstić information content (AvgIpc) is 2.41.